The molecule has 1 fully saturated rings. The van der Waals surface area contributed by atoms with Gasteiger partial charge in [-0.2, -0.15) is 13.2 Å². The lowest BCUT2D eigenvalue weighted by atomic mass is 9.93. The zero-order chi connectivity index (χ0) is 23.4. The second kappa shape index (κ2) is 10.1. The van der Waals surface area contributed by atoms with Crippen molar-refractivity contribution in [2.75, 3.05) is 51.3 Å². The van der Waals surface area contributed by atoms with E-state index in [0.29, 0.717) is 31.8 Å². The fraction of sp³-hybridized carbons (Fsp3) is 0.480. The number of piperazine rings is 1. The Morgan fingerprint density at radius 2 is 1.91 bits per heavy atom. The van der Waals surface area contributed by atoms with Gasteiger partial charge in [0.1, 0.15) is 0 Å². The molecule has 33 heavy (non-hydrogen) atoms. The maximum absolute atomic E-state index is 13.0. The van der Waals surface area contributed by atoms with Crippen molar-refractivity contribution in [2.24, 2.45) is 0 Å². The van der Waals surface area contributed by atoms with Crippen molar-refractivity contribution in [3.05, 3.63) is 64.7 Å². The fourth-order valence-electron chi connectivity index (χ4n) is 4.62. The summed E-state index contributed by atoms with van der Waals surface area (Å²) in [6.45, 7) is 4.56. The average molecular weight is 462 g/mol. The molecule has 0 radical (unpaired) electrons. The van der Waals surface area contributed by atoms with Gasteiger partial charge in [0.15, 0.2) is 0 Å². The summed E-state index contributed by atoms with van der Waals surface area (Å²) in [5.41, 5.74) is 3.49. The molecule has 0 aliphatic carbocycles. The number of ether oxygens (including phenoxy) is 1. The number of nitrogens with one attached hydrogen (secondary N) is 1. The number of hydrogen-bond donors (Lipinski definition) is 1. The molecular weight excluding hydrogens is 431 g/mol. The van der Waals surface area contributed by atoms with Crippen molar-refractivity contribution < 1.29 is 22.7 Å². The first kappa shape index (κ1) is 23.6. The van der Waals surface area contributed by atoms with E-state index in [9.17, 15) is 18.0 Å². The number of anilines is 1. The molecular formula is C25H30F3N3O2. The number of rotatable bonds is 6. The van der Waals surface area contributed by atoms with Gasteiger partial charge in [-0.25, -0.2) is 0 Å². The van der Waals surface area contributed by atoms with E-state index in [2.05, 4.69) is 22.3 Å². The van der Waals surface area contributed by atoms with Crippen LogP contribution < -0.4 is 10.2 Å². The molecule has 4 rings (SSSR count). The molecule has 5 nitrogen and oxygen atoms in total. The number of fused-ring (bicyclic) bond motifs is 1. The lowest BCUT2D eigenvalue weighted by Crippen LogP contribution is -2.47. The summed E-state index contributed by atoms with van der Waals surface area (Å²) in [5, 5.41) is 2.66. The molecule has 2 aliphatic heterocycles. The number of alkyl halides is 3. The molecule has 1 saturated heterocycles. The lowest BCUT2D eigenvalue weighted by molar-refractivity contribution is -0.137. The minimum Gasteiger partial charge on any atom is -0.373 e. The van der Waals surface area contributed by atoms with Gasteiger partial charge in [0.2, 0.25) is 5.91 Å². The van der Waals surface area contributed by atoms with Crippen molar-refractivity contribution in [3.8, 4) is 0 Å². The number of benzene rings is 2. The summed E-state index contributed by atoms with van der Waals surface area (Å²) in [4.78, 5) is 16.0. The number of halogens is 3. The monoisotopic (exact) mass is 461 g/mol. The van der Waals surface area contributed by atoms with Crippen LogP contribution in [0, 0.1) is 0 Å². The van der Waals surface area contributed by atoms with Crippen LogP contribution in [0.15, 0.2) is 42.5 Å². The van der Waals surface area contributed by atoms with Crippen LogP contribution in [-0.4, -0.2) is 57.2 Å². The van der Waals surface area contributed by atoms with Gasteiger partial charge in [0, 0.05) is 45.5 Å². The fourth-order valence-corrected chi connectivity index (χ4v) is 4.62. The van der Waals surface area contributed by atoms with E-state index >= 15 is 0 Å². The van der Waals surface area contributed by atoms with Crippen LogP contribution in [-0.2, 0) is 28.5 Å². The second-order valence-corrected chi connectivity index (χ2v) is 8.66. The normalized spacial score (nSPS) is 19.3. The Kier molecular flexibility index (Phi) is 7.24. The van der Waals surface area contributed by atoms with E-state index in [1.165, 1.54) is 23.3 Å². The molecule has 2 aliphatic rings. The van der Waals surface area contributed by atoms with Gasteiger partial charge in [-0.05, 0) is 47.7 Å². The van der Waals surface area contributed by atoms with Gasteiger partial charge >= 0.3 is 6.18 Å². The maximum atomic E-state index is 13.0. The number of carbonyl (C=O) groups excluding carboxylic acids is 1. The van der Waals surface area contributed by atoms with Crippen LogP contribution in [0.5, 0.6) is 0 Å². The Balaban J connectivity index is 1.31. The molecule has 1 atom stereocenters. The molecule has 1 N–H and O–H groups in total. The molecule has 0 bridgehead atoms. The summed E-state index contributed by atoms with van der Waals surface area (Å²) in [5.74, 6) is 0.00262. The van der Waals surface area contributed by atoms with Crippen molar-refractivity contribution >= 4 is 11.6 Å². The minimum atomic E-state index is -4.32. The highest BCUT2D eigenvalue weighted by Gasteiger charge is 2.31. The largest absolute Gasteiger partial charge is 0.416 e. The smallest absolute Gasteiger partial charge is 0.373 e. The molecule has 1 unspecified atom stereocenters. The van der Waals surface area contributed by atoms with Crippen LogP contribution in [0.3, 0.4) is 0 Å². The minimum absolute atomic E-state index is 0.00262. The molecule has 2 heterocycles. The summed E-state index contributed by atoms with van der Waals surface area (Å²) < 4.78 is 45.1. The second-order valence-electron chi connectivity index (χ2n) is 8.66. The van der Waals surface area contributed by atoms with Crippen molar-refractivity contribution in [2.45, 2.75) is 31.5 Å². The Bertz CT molecular complexity index is 972. The number of hydrogen-bond acceptors (Lipinski definition) is 4. The Morgan fingerprint density at radius 1 is 1.12 bits per heavy atom. The number of nitrogens with zero attached hydrogens (tertiary/aromatic N) is 2. The van der Waals surface area contributed by atoms with E-state index in [-0.39, 0.29) is 12.0 Å². The molecule has 178 valence electrons. The van der Waals surface area contributed by atoms with Crippen LogP contribution in [0.2, 0.25) is 0 Å². The van der Waals surface area contributed by atoms with Crippen LogP contribution in [0.1, 0.15) is 34.8 Å². The molecule has 8 heteroatoms. The number of carbonyl (C=O) groups is 1. The topological polar surface area (TPSA) is 44.8 Å². The highest BCUT2D eigenvalue weighted by atomic mass is 19.4. The van der Waals surface area contributed by atoms with Crippen LogP contribution in [0.4, 0.5) is 18.9 Å². The number of amides is 1. The SMILES string of the molecule is CNC(=O)Cc1ccc2c(c1)CCOC2CCN1CCN(c2cccc(C(F)(F)F)c2)CC1. The predicted octanol–water partition coefficient (Wildman–Crippen LogP) is 3.82. The third kappa shape index (κ3) is 5.86. The maximum Gasteiger partial charge on any atom is 0.416 e. The molecule has 0 aromatic heterocycles. The van der Waals surface area contributed by atoms with E-state index in [0.717, 1.165) is 44.1 Å². The zero-order valence-electron chi connectivity index (χ0n) is 18.8. The molecule has 2 aromatic rings. The first-order valence-electron chi connectivity index (χ1n) is 11.4. The zero-order valence-corrected chi connectivity index (χ0v) is 18.8. The highest BCUT2D eigenvalue weighted by molar-refractivity contribution is 5.78. The average Bonchev–Trinajstić information content (AvgIpc) is 2.82. The first-order chi connectivity index (χ1) is 15.8. The highest BCUT2D eigenvalue weighted by Crippen LogP contribution is 2.33. The van der Waals surface area contributed by atoms with Gasteiger partial charge in [-0.3, -0.25) is 9.69 Å². The van der Waals surface area contributed by atoms with Crippen LogP contribution >= 0.6 is 0 Å². The van der Waals surface area contributed by atoms with Crippen molar-refractivity contribution in [3.63, 3.8) is 0 Å². The lowest BCUT2D eigenvalue weighted by Gasteiger charge is -2.37. The van der Waals surface area contributed by atoms with Gasteiger partial charge < -0.3 is 15.0 Å². The Labute approximate surface area is 192 Å². The van der Waals surface area contributed by atoms with Gasteiger partial charge in [-0.1, -0.05) is 24.3 Å². The predicted molar refractivity (Wildman–Crippen MR) is 121 cm³/mol. The first-order valence-corrected chi connectivity index (χ1v) is 11.4. The van der Waals surface area contributed by atoms with Gasteiger partial charge in [-0.15, -0.1) is 0 Å². The Hall–Kier alpha value is -2.58. The van der Waals surface area contributed by atoms with Crippen molar-refractivity contribution in [1.29, 1.82) is 0 Å². The third-order valence-corrected chi connectivity index (χ3v) is 6.51. The third-order valence-electron chi connectivity index (χ3n) is 6.51. The van der Waals surface area contributed by atoms with E-state index in [1.54, 1.807) is 13.1 Å². The quantitative estimate of drug-likeness (QED) is 0.711. The Morgan fingerprint density at radius 3 is 2.64 bits per heavy atom. The molecule has 1 amide bonds. The summed E-state index contributed by atoms with van der Waals surface area (Å²) in [6, 6.07) is 11.8. The van der Waals surface area contributed by atoms with E-state index in [1.807, 2.05) is 11.0 Å². The molecule has 0 saturated carbocycles. The molecule has 2 aromatic carbocycles. The molecule has 0 spiro atoms. The van der Waals surface area contributed by atoms with E-state index < -0.39 is 11.7 Å². The number of likely N-dealkylation sites (N-methyl/N-ethyl adjacent to an activating group) is 1. The van der Waals surface area contributed by atoms with Gasteiger partial charge in [0.25, 0.3) is 0 Å². The summed E-state index contributed by atoms with van der Waals surface area (Å²) in [7, 11) is 1.64. The summed E-state index contributed by atoms with van der Waals surface area (Å²) >= 11 is 0. The summed E-state index contributed by atoms with van der Waals surface area (Å²) in [6.07, 6.45) is -2.19. The van der Waals surface area contributed by atoms with Gasteiger partial charge in [0.05, 0.1) is 24.7 Å². The van der Waals surface area contributed by atoms with Crippen molar-refractivity contribution in [1.82, 2.24) is 10.2 Å². The van der Waals surface area contributed by atoms with Crippen LogP contribution in [0.25, 0.3) is 0 Å². The standard InChI is InChI=1S/C25H30F3N3O2/c1-29-24(32)16-18-5-6-22-19(15-18)8-14-33-23(22)7-9-30-10-12-31(13-11-30)21-4-2-3-20(17-21)25(26,27)28/h2-6,15,17,23H,7-14,16H2,1H3,(H,29,32). The van der Waals surface area contributed by atoms with E-state index in [4.69, 9.17) is 4.74 Å².